The number of hydrogen-bond acceptors (Lipinski definition) is 5. The molecule has 1 aromatic rings. The van der Waals surface area contributed by atoms with E-state index in [0.717, 1.165) is 30.9 Å². The first kappa shape index (κ1) is 17.6. The molecule has 1 aromatic carbocycles. The van der Waals surface area contributed by atoms with E-state index >= 15 is 0 Å². The van der Waals surface area contributed by atoms with Crippen molar-refractivity contribution >= 4 is 11.7 Å². The van der Waals surface area contributed by atoms with Gasteiger partial charge in [-0.05, 0) is 31.2 Å². The smallest absolute Gasteiger partial charge is 0.322 e. The Bertz CT molecular complexity index is 623. The van der Waals surface area contributed by atoms with Crippen LogP contribution in [0, 0.1) is 0 Å². The third-order valence-corrected chi connectivity index (χ3v) is 5.06. The maximum absolute atomic E-state index is 12.7. The van der Waals surface area contributed by atoms with Gasteiger partial charge in [0, 0.05) is 31.7 Å². The van der Waals surface area contributed by atoms with E-state index in [1.165, 1.54) is 0 Å². The standard InChI is InChI=1S/C19H26N2O5/c1-14-10-21(12-19(26-14)7-9-24-13-19)18(22)20-15-2-4-16(5-3-15)25-17-6-8-23-11-17/h2-5,14,17H,6-13H2,1H3,(H,20,22). The van der Waals surface area contributed by atoms with Crippen molar-refractivity contribution in [2.45, 2.75) is 37.6 Å². The molecule has 3 heterocycles. The number of amides is 2. The summed E-state index contributed by atoms with van der Waals surface area (Å²) in [4.78, 5) is 14.5. The van der Waals surface area contributed by atoms with E-state index in [1.54, 1.807) is 0 Å². The molecular formula is C19H26N2O5. The minimum absolute atomic E-state index is 0.000562. The summed E-state index contributed by atoms with van der Waals surface area (Å²) in [5.41, 5.74) is 0.400. The van der Waals surface area contributed by atoms with Gasteiger partial charge in [0.15, 0.2) is 0 Å². The molecular weight excluding hydrogens is 336 g/mol. The van der Waals surface area contributed by atoms with Crippen LogP contribution in [0.25, 0.3) is 0 Å². The van der Waals surface area contributed by atoms with Gasteiger partial charge in [0.2, 0.25) is 0 Å². The Balaban J connectivity index is 1.35. The lowest BCUT2D eigenvalue weighted by atomic mass is 9.99. The fourth-order valence-corrected chi connectivity index (χ4v) is 3.80. The molecule has 3 saturated heterocycles. The number of benzene rings is 1. The molecule has 3 aliphatic heterocycles. The molecule has 0 radical (unpaired) electrons. The second kappa shape index (κ2) is 7.42. The van der Waals surface area contributed by atoms with Gasteiger partial charge in [-0.2, -0.15) is 0 Å². The molecule has 0 aromatic heterocycles. The highest BCUT2D eigenvalue weighted by Gasteiger charge is 2.44. The third kappa shape index (κ3) is 3.95. The lowest BCUT2D eigenvalue weighted by molar-refractivity contribution is -0.136. The van der Waals surface area contributed by atoms with Crippen LogP contribution in [0.3, 0.4) is 0 Å². The Kier molecular flexibility index (Phi) is 5.02. The Morgan fingerprint density at radius 1 is 1.27 bits per heavy atom. The van der Waals surface area contributed by atoms with Crippen LogP contribution in [0.2, 0.25) is 0 Å². The molecule has 3 fully saturated rings. The number of anilines is 1. The van der Waals surface area contributed by atoms with Gasteiger partial charge in [0.25, 0.3) is 0 Å². The summed E-state index contributed by atoms with van der Waals surface area (Å²) in [6.07, 6.45) is 1.87. The van der Waals surface area contributed by atoms with E-state index < -0.39 is 0 Å². The average molecular weight is 362 g/mol. The summed E-state index contributed by atoms with van der Waals surface area (Å²) in [5, 5.41) is 2.97. The van der Waals surface area contributed by atoms with Crippen molar-refractivity contribution < 1.29 is 23.7 Å². The zero-order valence-electron chi connectivity index (χ0n) is 15.1. The number of nitrogens with one attached hydrogen (secondary N) is 1. The molecule has 7 heteroatoms. The molecule has 0 aliphatic carbocycles. The lowest BCUT2D eigenvalue weighted by Gasteiger charge is -2.42. The number of carbonyl (C=O) groups excluding carboxylic acids is 1. The molecule has 0 saturated carbocycles. The van der Waals surface area contributed by atoms with Gasteiger partial charge < -0.3 is 29.2 Å². The SMILES string of the molecule is CC1CN(C(=O)Nc2ccc(OC3CCOC3)cc2)CC2(CCOC2)O1. The predicted octanol–water partition coefficient (Wildman–Crippen LogP) is 2.27. The highest BCUT2D eigenvalue weighted by molar-refractivity contribution is 5.89. The first-order chi connectivity index (χ1) is 12.6. The van der Waals surface area contributed by atoms with Crippen LogP contribution in [-0.4, -0.2) is 68.3 Å². The first-order valence-corrected chi connectivity index (χ1v) is 9.28. The predicted molar refractivity (Wildman–Crippen MR) is 95.6 cm³/mol. The van der Waals surface area contributed by atoms with E-state index in [0.29, 0.717) is 32.9 Å². The lowest BCUT2D eigenvalue weighted by Crippen LogP contribution is -2.57. The highest BCUT2D eigenvalue weighted by Crippen LogP contribution is 2.30. The number of rotatable bonds is 3. The molecule has 3 unspecified atom stereocenters. The summed E-state index contributed by atoms with van der Waals surface area (Å²) in [6.45, 7) is 5.77. The molecule has 4 rings (SSSR count). The number of carbonyl (C=O) groups is 1. The summed E-state index contributed by atoms with van der Waals surface area (Å²) in [7, 11) is 0. The minimum atomic E-state index is -0.351. The maximum Gasteiger partial charge on any atom is 0.322 e. The van der Waals surface area contributed by atoms with Crippen LogP contribution in [0.5, 0.6) is 5.75 Å². The normalized spacial score (nSPS) is 31.3. The quantitative estimate of drug-likeness (QED) is 0.893. The second-order valence-corrected chi connectivity index (χ2v) is 7.35. The molecule has 1 spiro atoms. The van der Waals surface area contributed by atoms with Gasteiger partial charge in [-0.15, -0.1) is 0 Å². The molecule has 7 nitrogen and oxygen atoms in total. The van der Waals surface area contributed by atoms with Crippen molar-refractivity contribution in [2.75, 3.05) is 44.8 Å². The van der Waals surface area contributed by atoms with Gasteiger partial charge >= 0.3 is 6.03 Å². The number of urea groups is 1. The molecule has 3 atom stereocenters. The molecule has 26 heavy (non-hydrogen) atoms. The maximum atomic E-state index is 12.7. The van der Waals surface area contributed by atoms with Crippen LogP contribution in [0.1, 0.15) is 19.8 Å². The van der Waals surface area contributed by atoms with Crippen LogP contribution in [-0.2, 0) is 14.2 Å². The molecule has 1 N–H and O–H groups in total. The number of morpholine rings is 1. The van der Waals surface area contributed by atoms with E-state index in [1.807, 2.05) is 36.1 Å². The van der Waals surface area contributed by atoms with Crippen LogP contribution in [0.4, 0.5) is 10.5 Å². The fraction of sp³-hybridized carbons (Fsp3) is 0.632. The zero-order chi connectivity index (χ0) is 18.0. The number of nitrogens with zero attached hydrogens (tertiary/aromatic N) is 1. The van der Waals surface area contributed by atoms with Crippen molar-refractivity contribution in [3.8, 4) is 5.75 Å². The number of ether oxygens (including phenoxy) is 4. The Morgan fingerprint density at radius 3 is 2.81 bits per heavy atom. The molecule has 3 aliphatic rings. The van der Waals surface area contributed by atoms with Crippen molar-refractivity contribution in [1.29, 1.82) is 0 Å². The van der Waals surface area contributed by atoms with Crippen molar-refractivity contribution in [1.82, 2.24) is 4.90 Å². The summed E-state index contributed by atoms with van der Waals surface area (Å²) in [6, 6.07) is 7.37. The Hall–Kier alpha value is -1.83. The fourth-order valence-electron chi connectivity index (χ4n) is 3.80. The molecule has 0 bridgehead atoms. The zero-order valence-corrected chi connectivity index (χ0v) is 15.1. The monoisotopic (exact) mass is 362 g/mol. The average Bonchev–Trinajstić information content (AvgIpc) is 3.28. The summed E-state index contributed by atoms with van der Waals surface area (Å²) < 4.78 is 22.7. The van der Waals surface area contributed by atoms with Gasteiger partial charge in [-0.25, -0.2) is 4.79 Å². The van der Waals surface area contributed by atoms with E-state index in [9.17, 15) is 4.79 Å². The van der Waals surface area contributed by atoms with E-state index in [-0.39, 0.29) is 23.8 Å². The highest BCUT2D eigenvalue weighted by atomic mass is 16.6. The number of hydrogen-bond donors (Lipinski definition) is 1. The van der Waals surface area contributed by atoms with Crippen molar-refractivity contribution in [3.05, 3.63) is 24.3 Å². The van der Waals surface area contributed by atoms with E-state index in [2.05, 4.69) is 5.32 Å². The molecule has 2 amide bonds. The Morgan fingerprint density at radius 2 is 2.12 bits per heavy atom. The molecule has 142 valence electrons. The van der Waals surface area contributed by atoms with Gasteiger partial charge in [0.05, 0.1) is 32.5 Å². The largest absolute Gasteiger partial charge is 0.488 e. The van der Waals surface area contributed by atoms with Gasteiger partial charge in [-0.1, -0.05) is 0 Å². The summed E-state index contributed by atoms with van der Waals surface area (Å²) in [5.74, 6) is 0.792. The third-order valence-electron chi connectivity index (χ3n) is 5.06. The topological polar surface area (TPSA) is 69.3 Å². The second-order valence-electron chi connectivity index (χ2n) is 7.35. The summed E-state index contributed by atoms with van der Waals surface area (Å²) >= 11 is 0. The van der Waals surface area contributed by atoms with Crippen molar-refractivity contribution in [3.63, 3.8) is 0 Å². The van der Waals surface area contributed by atoms with Crippen molar-refractivity contribution in [2.24, 2.45) is 0 Å². The van der Waals surface area contributed by atoms with E-state index in [4.69, 9.17) is 18.9 Å². The minimum Gasteiger partial charge on any atom is -0.488 e. The van der Waals surface area contributed by atoms with Gasteiger partial charge in [-0.3, -0.25) is 0 Å². The van der Waals surface area contributed by atoms with Gasteiger partial charge in [0.1, 0.15) is 17.5 Å². The first-order valence-electron chi connectivity index (χ1n) is 9.28. The van der Waals surface area contributed by atoms with Crippen LogP contribution < -0.4 is 10.1 Å². The van der Waals surface area contributed by atoms with Crippen LogP contribution in [0.15, 0.2) is 24.3 Å². The Labute approximate surface area is 153 Å². The van der Waals surface area contributed by atoms with Crippen LogP contribution >= 0.6 is 0 Å².